The molecule has 0 aromatic heterocycles. The van der Waals surface area contributed by atoms with Gasteiger partial charge < -0.3 is 15.2 Å². The fourth-order valence-corrected chi connectivity index (χ4v) is 3.42. The molecule has 0 bridgehead atoms. The van der Waals surface area contributed by atoms with Gasteiger partial charge >= 0.3 is 0 Å². The maximum atomic E-state index is 11.9. The molecule has 0 unspecified atom stereocenters. The molecular formula is C21H25ClN2O3. The second kappa shape index (κ2) is 8.63. The normalized spacial score (nSPS) is 14.4. The van der Waals surface area contributed by atoms with Crippen LogP contribution in [0, 0.1) is 0 Å². The summed E-state index contributed by atoms with van der Waals surface area (Å²) in [6.07, 6.45) is 0.438. The fourth-order valence-electron chi connectivity index (χ4n) is 3.23. The van der Waals surface area contributed by atoms with E-state index >= 15 is 0 Å². The van der Waals surface area contributed by atoms with E-state index in [4.69, 9.17) is 16.3 Å². The molecule has 3 rings (SSSR count). The molecule has 144 valence electrons. The van der Waals surface area contributed by atoms with Gasteiger partial charge in [0.25, 0.3) is 0 Å². The number of carbonyl (C=O) groups excluding carboxylic acids is 1. The summed E-state index contributed by atoms with van der Waals surface area (Å²) in [5.41, 5.74) is 2.73. The number of rotatable bonds is 5. The van der Waals surface area contributed by atoms with Crippen molar-refractivity contribution < 1.29 is 14.6 Å². The lowest BCUT2D eigenvalue weighted by molar-refractivity contribution is -0.121. The first-order valence-corrected chi connectivity index (χ1v) is 9.56. The monoisotopic (exact) mass is 388 g/mol. The molecule has 0 saturated heterocycles. The number of phenols is 1. The minimum absolute atomic E-state index is 0.0471. The van der Waals surface area contributed by atoms with Crippen molar-refractivity contribution in [3.05, 3.63) is 47.0 Å². The van der Waals surface area contributed by atoms with Crippen molar-refractivity contribution in [3.8, 4) is 22.6 Å². The van der Waals surface area contributed by atoms with Crippen molar-refractivity contribution in [2.45, 2.75) is 32.9 Å². The van der Waals surface area contributed by atoms with Crippen LogP contribution in [0.15, 0.2) is 36.4 Å². The second-order valence-corrected chi connectivity index (χ2v) is 7.53. The average molecular weight is 389 g/mol. The van der Waals surface area contributed by atoms with Crippen LogP contribution in [0.1, 0.15) is 25.8 Å². The van der Waals surface area contributed by atoms with E-state index in [9.17, 15) is 9.90 Å². The van der Waals surface area contributed by atoms with E-state index in [-0.39, 0.29) is 17.7 Å². The molecule has 5 nitrogen and oxygen atoms in total. The number of hydrogen-bond acceptors (Lipinski definition) is 4. The molecule has 0 aliphatic carbocycles. The Hall–Kier alpha value is -2.24. The van der Waals surface area contributed by atoms with Crippen LogP contribution in [0.5, 0.6) is 11.5 Å². The summed E-state index contributed by atoms with van der Waals surface area (Å²) in [7, 11) is 0. The van der Waals surface area contributed by atoms with Crippen LogP contribution in [0.3, 0.4) is 0 Å². The fraction of sp³-hybridized carbons (Fsp3) is 0.381. The smallest absolute Gasteiger partial charge is 0.221 e. The lowest BCUT2D eigenvalue weighted by atomic mass is 10.0. The van der Waals surface area contributed by atoms with Gasteiger partial charge in [-0.1, -0.05) is 23.7 Å². The highest BCUT2D eigenvalue weighted by molar-refractivity contribution is 6.30. The van der Waals surface area contributed by atoms with Crippen LogP contribution in [0.25, 0.3) is 11.1 Å². The molecule has 1 aliphatic heterocycles. The van der Waals surface area contributed by atoms with Gasteiger partial charge in [0.15, 0.2) is 11.5 Å². The minimum atomic E-state index is 0.0471. The predicted molar refractivity (Wildman–Crippen MR) is 107 cm³/mol. The highest BCUT2D eigenvalue weighted by Crippen LogP contribution is 2.38. The first kappa shape index (κ1) is 19.5. The third-order valence-corrected chi connectivity index (χ3v) is 4.69. The molecule has 0 fully saturated rings. The summed E-state index contributed by atoms with van der Waals surface area (Å²) in [6, 6.07) is 11.4. The number of aromatic hydroxyl groups is 1. The van der Waals surface area contributed by atoms with Crippen molar-refractivity contribution in [2.24, 2.45) is 0 Å². The standard InChI is InChI=1S/C21H25ClN2O3/c1-14(2)23-20(26)6-7-24-8-9-27-21-17(13-24)10-16(12-19(21)25)15-4-3-5-18(22)11-15/h3-5,10-12,14,25H,6-9,13H2,1-2H3,(H,23,26). The minimum Gasteiger partial charge on any atom is -0.504 e. The summed E-state index contributed by atoms with van der Waals surface area (Å²) in [4.78, 5) is 14.1. The van der Waals surface area contributed by atoms with Gasteiger partial charge in [-0.25, -0.2) is 0 Å². The summed E-state index contributed by atoms with van der Waals surface area (Å²) in [6.45, 7) is 6.34. The van der Waals surface area contributed by atoms with Crippen LogP contribution < -0.4 is 10.1 Å². The average Bonchev–Trinajstić information content (AvgIpc) is 2.81. The Morgan fingerprint density at radius 1 is 1.30 bits per heavy atom. The Balaban J connectivity index is 1.78. The molecule has 0 radical (unpaired) electrons. The zero-order chi connectivity index (χ0) is 19.4. The van der Waals surface area contributed by atoms with Crippen molar-refractivity contribution >= 4 is 17.5 Å². The van der Waals surface area contributed by atoms with Gasteiger partial charge in [0.05, 0.1) is 0 Å². The topological polar surface area (TPSA) is 61.8 Å². The van der Waals surface area contributed by atoms with Gasteiger partial charge in [-0.15, -0.1) is 0 Å². The molecule has 2 aromatic carbocycles. The lowest BCUT2D eigenvalue weighted by Crippen LogP contribution is -2.34. The van der Waals surface area contributed by atoms with Gasteiger partial charge in [0, 0.05) is 42.7 Å². The van der Waals surface area contributed by atoms with E-state index in [1.807, 2.05) is 44.2 Å². The first-order valence-electron chi connectivity index (χ1n) is 9.18. The zero-order valence-corrected chi connectivity index (χ0v) is 16.4. The molecule has 1 amide bonds. The highest BCUT2D eigenvalue weighted by Gasteiger charge is 2.20. The Morgan fingerprint density at radius 2 is 2.11 bits per heavy atom. The van der Waals surface area contributed by atoms with Gasteiger partial charge in [-0.3, -0.25) is 9.69 Å². The number of nitrogens with zero attached hydrogens (tertiary/aromatic N) is 1. The zero-order valence-electron chi connectivity index (χ0n) is 15.7. The quantitative estimate of drug-likeness (QED) is 0.817. The van der Waals surface area contributed by atoms with Crippen molar-refractivity contribution in [1.82, 2.24) is 10.2 Å². The number of carbonyl (C=O) groups is 1. The van der Waals surface area contributed by atoms with Crippen LogP contribution in [-0.4, -0.2) is 41.7 Å². The number of fused-ring (bicyclic) bond motifs is 1. The summed E-state index contributed by atoms with van der Waals surface area (Å²) in [5, 5.41) is 14.0. The molecule has 1 heterocycles. The third kappa shape index (κ3) is 5.15. The van der Waals surface area contributed by atoms with Crippen LogP contribution >= 0.6 is 11.6 Å². The van der Waals surface area contributed by atoms with Gasteiger partial charge in [-0.2, -0.15) is 0 Å². The van der Waals surface area contributed by atoms with E-state index in [0.717, 1.165) is 16.7 Å². The first-order chi connectivity index (χ1) is 12.9. The van der Waals surface area contributed by atoms with Crippen LogP contribution in [-0.2, 0) is 11.3 Å². The van der Waals surface area contributed by atoms with Crippen LogP contribution in [0.4, 0.5) is 0 Å². The maximum Gasteiger partial charge on any atom is 0.221 e. The second-order valence-electron chi connectivity index (χ2n) is 7.09. The molecule has 2 N–H and O–H groups in total. The van der Waals surface area contributed by atoms with Gasteiger partial charge in [-0.05, 0) is 49.2 Å². The molecule has 2 aromatic rings. The Bertz CT molecular complexity index is 823. The molecule has 0 spiro atoms. The number of amides is 1. The number of halogens is 1. The number of benzene rings is 2. The number of ether oxygens (including phenoxy) is 1. The van der Waals surface area contributed by atoms with Gasteiger partial charge in [0.1, 0.15) is 6.61 Å². The van der Waals surface area contributed by atoms with E-state index in [1.54, 1.807) is 6.07 Å². The van der Waals surface area contributed by atoms with Gasteiger partial charge in [0.2, 0.25) is 5.91 Å². The molecule has 0 atom stereocenters. The lowest BCUT2D eigenvalue weighted by Gasteiger charge is -2.19. The number of phenolic OH excluding ortho intramolecular Hbond substituents is 1. The Kier molecular flexibility index (Phi) is 6.24. The Morgan fingerprint density at radius 3 is 2.85 bits per heavy atom. The largest absolute Gasteiger partial charge is 0.504 e. The highest BCUT2D eigenvalue weighted by atomic mass is 35.5. The summed E-state index contributed by atoms with van der Waals surface area (Å²) >= 11 is 6.10. The maximum absolute atomic E-state index is 11.9. The third-order valence-electron chi connectivity index (χ3n) is 4.46. The van der Waals surface area contributed by atoms with E-state index in [1.165, 1.54) is 0 Å². The molecule has 0 saturated carbocycles. The summed E-state index contributed by atoms with van der Waals surface area (Å²) in [5.74, 6) is 0.697. The number of hydrogen-bond donors (Lipinski definition) is 2. The van der Waals surface area contributed by atoms with Crippen molar-refractivity contribution in [1.29, 1.82) is 0 Å². The SMILES string of the molecule is CC(C)NC(=O)CCN1CCOc2c(O)cc(-c3cccc(Cl)c3)cc2C1. The molecular weight excluding hydrogens is 364 g/mol. The molecule has 6 heteroatoms. The summed E-state index contributed by atoms with van der Waals surface area (Å²) < 4.78 is 5.78. The van der Waals surface area contributed by atoms with Crippen molar-refractivity contribution in [3.63, 3.8) is 0 Å². The molecule has 1 aliphatic rings. The Labute approximate surface area is 164 Å². The molecule has 27 heavy (non-hydrogen) atoms. The van der Waals surface area contributed by atoms with Crippen LogP contribution in [0.2, 0.25) is 5.02 Å². The van der Waals surface area contributed by atoms with E-state index in [0.29, 0.717) is 43.4 Å². The number of nitrogens with one attached hydrogen (secondary N) is 1. The predicted octanol–water partition coefficient (Wildman–Crippen LogP) is 3.82. The van der Waals surface area contributed by atoms with Crippen molar-refractivity contribution in [2.75, 3.05) is 19.7 Å². The van der Waals surface area contributed by atoms with E-state index < -0.39 is 0 Å². The van der Waals surface area contributed by atoms with E-state index in [2.05, 4.69) is 10.2 Å².